The first-order valence-corrected chi connectivity index (χ1v) is 8.08. The molecular weight excluding hydrogens is 306 g/mol. The highest BCUT2D eigenvalue weighted by molar-refractivity contribution is 7.10. The second kappa shape index (κ2) is 6.18. The molecular formula is C16H16ClNO2S. The zero-order valence-electron chi connectivity index (χ0n) is 11.7. The van der Waals surface area contributed by atoms with Crippen molar-refractivity contribution in [3.05, 3.63) is 56.7 Å². The maximum absolute atomic E-state index is 11.3. The summed E-state index contributed by atoms with van der Waals surface area (Å²) in [4.78, 5) is 14.7. The van der Waals surface area contributed by atoms with Crippen LogP contribution in [0.3, 0.4) is 0 Å². The van der Waals surface area contributed by atoms with Gasteiger partial charge < -0.3 is 4.74 Å². The predicted molar refractivity (Wildman–Crippen MR) is 84.4 cm³/mol. The van der Waals surface area contributed by atoms with E-state index in [1.807, 2.05) is 24.3 Å². The monoisotopic (exact) mass is 321 g/mol. The lowest BCUT2D eigenvalue weighted by Gasteiger charge is -2.32. The van der Waals surface area contributed by atoms with Gasteiger partial charge in [0, 0.05) is 31.6 Å². The summed E-state index contributed by atoms with van der Waals surface area (Å²) in [6.45, 7) is 3.78. The van der Waals surface area contributed by atoms with Gasteiger partial charge in [-0.05, 0) is 28.6 Å². The van der Waals surface area contributed by atoms with Crippen molar-refractivity contribution in [2.75, 3.05) is 6.54 Å². The van der Waals surface area contributed by atoms with Crippen molar-refractivity contribution in [3.8, 4) is 0 Å². The van der Waals surface area contributed by atoms with E-state index in [9.17, 15) is 4.79 Å². The Morgan fingerprint density at radius 3 is 3.00 bits per heavy atom. The molecule has 0 radical (unpaired) electrons. The summed E-state index contributed by atoms with van der Waals surface area (Å²) in [5.41, 5.74) is 2.34. The summed E-state index contributed by atoms with van der Waals surface area (Å²) >= 11 is 7.89. The van der Waals surface area contributed by atoms with E-state index in [0.29, 0.717) is 6.54 Å². The first-order valence-electron chi connectivity index (χ1n) is 6.82. The summed E-state index contributed by atoms with van der Waals surface area (Å²) in [6.07, 6.45) is -0.172. The average molecular weight is 322 g/mol. The van der Waals surface area contributed by atoms with Crippen molar-refractivity contribution in [1.82, 2.24) is 4.90 Å². The topological polar surface area (TPSA) is 29.5 Å². The molecule has 21 heavy (non-hydrogen) atoms. The van der Waals surface area contributed by atoms with Crippen molar-refractivity contribution in [2.45, 2.75) is 26.1 Å². The fourth-order valence-corrected chi connectivity index (χ4v) is 3.80. The van der Waals surface area contributed by atoms with E-state index in [-0.39, 0.29) is 12.1 Å². The first kappa shape index (κ1) is 14.6. The summed E-state index contributed by atoms with van der Waals surface area (Å²) in [6, 6.07) is 9.97. The Bertz CT molecular complexity index is 655. The molecule has 2 aromatic rings. The molecule has 1 aromatic heterocycles. The molecule has 1 unspecified atom stereocenters. The number of carbonyl (C=O) groups excluding carboxylic acids is 1. The van der Waals surface area contributed by atoms with E-state index in [0.717, 1.165) is 23.7 Å². The van der Waals surface area contributed by atoms with Crippen LogP contribution in [0.1, 0.15) is 29.0 Å². The van der Waals surface area contributed by atoms with Gasteiger partial charge in [0.1, 0.15) is 6.10 Å². The summed E-state index contributed by atoms with van der Waals surface area (Å²) < 4.78 is 5.47. The number of fused-ring (bicyclic) bond motifs is 1. The number of ether oxygens (including phenoxy) is 1. The number of esters is 1. The molecule has 0 amide bonds. The minimum Gasteiger partial charge on any atom is -0.455 e. The fourth-order valence-electron chi connectivity index (χ4n) is 2.66. The first-order chi connectivity index (χ1) is 10.1. The lowest BCUT2D eigenvalue weighted by atomic mass is 10.1. The highest BCUT2D eigenvalue weighted by Crippen LogP contribution is 2.34. The number of hydrogen-bond donors (Lipinski definition) is 0. The Morgan fingerprint density at radius 1 is 1.43 bits per heavy atom. The zero-order chi connectivity index (χ0) is 14.8. The van der Waals surface area contributed by atoms with Crippen molar-refractivity contribution in [2.24, 2.45) is 0 Å². The third-order valence-corrected chi connectivity index (χ3v) is 4.97. The van der Waals surface area contributed by atoms with Crippen LogP contribution in [0.5, 0.6) is 0 Å². The number of rotatable bonds is 3. The van der Waals surface area contributed by atoms with Gasteiger partial charge in [-0.25, -0.2) is 0 Å². The average Bonchev–Trinajstić information content (AvgIpc) is 2.89. The van der Waals surface area contributed by atoms with Gasteiger partial charge in [0.15, 0.2) is 0 Å². The van der Waals surface area contributed by atoms with Crippen LogP contribution in [-0.2, 0) is 22.6 Å². The molecule has 2 heterocycles. The molecule has 0 fully saturated rings. The number of carbonyl (C=O) groups is 1. The summed E-state index contributed by atoms with van der Waals surface area (Å²) in [7, 11) is 0. The largest absolute Gasteiger partial charge is 0.455 e. The predicted octanol–water partition coefficient (Wildman–Crippen LogP) is 4.02. The van der Waals surface area contributed by atoms with Gasteiger partial charge in [-0.3, -0.25) is 9.69 Å². The van der Waals surface area contributed by atoms with Crippen molar-refractivity contribution in [1.29, 1.82) is 0 Å². The maximum atomic E-state index is 11.3. The van der Waals surface area contributed by atoms with E-state index in [1.165, 1.54) is 17.4 Å². The van der Waals surface area contributed by atoms with E-state index >= 15 is 0 Å². The van der Waals surface area contributed by atoms with E-state index in [1.54, 1.807) is 11.3 Å². The molecule has 3 rings (SSSR count). The molecule has 0 saturated carbocycles. The van der Waals surface area contributed by atoms with E-state index in [4.69, 9.17) is 16.3 Å². The molecule has 1 aliphatic rings. The van der Waals surface area contributed by atoms with Gasteiger partial charge in [-0.15, -0.1) is 11.3 Å². The summed E-state index contributed by atoms with van der Waals surface area (Å²) in [5, 5.41) is 2.83. The molecule has 1 aliphatic heterocycles. The molecule has 0 spiro atoms. The Balaban J connectivity index is 1.80. The quantitative estimate of drug-likeness (QED) is 0.800. The third-order valence-electron chi connectivity index (χ3n) is 3.55. The minimum absolute atomic E-state index is 0.172. The Morgan fingerprint density at radius 2 is 2.24 bits per heavy atom. The van der Waals surface area contributed by atoms with Crippen LogP contribution in [0.25, 0.3) is 0 Å². The van der Waals surface area contributed by atoms with Crippen molar-refractivity contribution < 1.29 is 9.53 Å². The van der Waals surface area contributed by atoms with Gasteiger partial charge in [0.05, 0.1) is 4.88 Å². The lowest BCUT2D eigenvalue weighted by molar-refractivity contribution is -0.148. The van der Waals surface area contributed by atoms with Crippen LogP contribution in [0.2, 0.25) is 5.02 Å². The van der Waals surface area contributed by atoms with Crippen LogP contribution in [0, 0.1) is 0 Å². The van der Waals surface area contributed by atoms with Gasteiger partial charge in [-0.2, -0.15) is 0 Å². The zero-order valence-corrected chi connectivity index (χ0v) is 13.3. The number of halogens is 1. The Hall–Kier alpha value is -1.36. The van der Waals surface area contributed by atoms with Crippen LogP contribution in [0.15, 0.2) is 35.7 Å². The molecule has 0 N–H and O–H groups in total. The van der Waals surface area contributed by atoms with E-state index < -0.39 is 0 Å². The summed E-state index contributed by atoms with van der Waals surface area (Å²) in [5.74, 6) is -0.237. The van der Waals surface area contributed by atoms with Gasteiger partial charge in [0.2, 0.25) is 0 Å². The van der Waals surface area contributed by atoms with Crippen LogP contribution < -0.4 is 0 Å². The van der Waals surface area contributed by atoms with Crippen molar-refractivity contribution in [3.63, 3.8) is 0 Å². The Kier molecular flexibility index (Phi) is 4.29. The normalized spacial score (nSPS) is 18.3. The molecule has 110 valence electrons. The smallest absolute Gasteiger partial charge is 0.303 e. The van der Waals surface area contributed by atoms with Gasteiger partial charge in [0.25, 0.3) is 0 Å². The maximum Gasteiger partial charge on any atom is 0.303 e. The SMILES string of the molecule is CC(=O)OC1CN(Cc2ccccc2Cl)Cc2ccsc21. The fraction of sp³-hybridized carbons (Fsp3) is 0.312. The van der Waals surface area contributed by atoms with Gasteiger partial charge in [-0.1, -0.05) is 29.8 Å². The molecule has 1 aromatic carbocycles. The number of benzene rings is 1. The van der Waals surface area contributed by atoms with Crippen LogP contribution >= 0.6 is 22.9 Å². The highest BCUT2D eigenvalue weighted by Gasteiger charge is 2.28. The Labute approximate surface area is 133 Å². The minimum atomic E-state index is -0.237. The number of hydrogen-bond acceptors (Lipinski definition) is 4. The highest BCUT2D eigenvalue weighted by atomic mass is 35.5. The van der Waals surface area contributed by atoms with Crippen LogP contribution in [-0.4, -0.2) is 17.4 Å². The molecule has 1 atom stereocenters. The number of nitrogens with zero attached hydrogens (tertiary/aromatic N) is 1. The molecule has 5 heteroatoms. The third kappa shape index (κ3) is 3.28. The molecule has 0 aliphatic carbocycles. The molecule has 3 nitrogen and oxygen atoms in total. The van der Waals surface area contributed by atoms with E-state index in [2.05, 4.69) is 16.3 Å². The van der Waals surface area contributed by atoms with Crippen LogP contribution in [0.4, 0.5) is 0 Å². The standard InChI is InChI=1S/C16H16ClNO2S/c1-11(19)20-15-10-18(9-13-6-7-21-16(13)15)8-12-4-2-3-5-14(12)17/h2-7,15H,8-10H2,1H3. The second-order valence-electron chi connectivity index (χ2n) is 5.17. The number of thiophene rings is 1. The lowest BCUT2D eigenvalue weighted by Crippen LogP contribution is -2.34. The molecule has 0 bridgehead atoms. The molecule has 0 saturated heterocycles. The second-order valence-corrected chi connectivity index (χ2v) is 6.52. The van der Waals surface area contributed by atoms with Crippen molar-refractivity contribution >= 4 is 28.9 Å². The van der Waals surface area contributed by atoms with Gasteiger partial charge >= 0.3 is 5.97 Å².